The highest BCUT2D eigenvalue weighted by Crippen LogP contribution is 2.11. The Morgan fingerprint density at radius 3 is 2.60 bits per heavy atom. The summed E-state index contributed by atoms with van der Waals surface area (Å²) in [5.41, 5.74) is 1.16. The average molecular weight is 226 g/mol. The maximum atomic E-state index is 10.9. The molecule has 0 spiro atoms. The maximum Gasteiger partial charge on any atom is 0.309 e. The summed E-state index contributed by atoms with van der Waals surface area (Å²) in [7, 11) is 0. The highest BCUT2D eigenvalue weighted by atomic mass is 32.1. The summed E-state index contributed by atoms with van der Waals surface area (Å²) in [4.78, 5) is 10.9. The number of rotatable bonds is 5. The third-order valence-electron chi connectivity index (χ3n) is 1.78. The van der Waals surface area contributed by atoms with Crippen LogP contribution in [0.1, 0.15) is 12.0 Å². The lowest BCUT2D eigenvalue weighted by Gasteiger charge is -2.06. The van der Waals surface area contributed by atoms with Crippen LogP contribution in [0.15, 0.2) is 24.3 Å². The minimum Gasteiger partial charge on any atom is -0.457 e. The molecule has 0 aliphatic carbocycles. The molecule has 0 heterocycles. The molecule has 1 aromatic rings. The van der Waals surface area contributed by atoms with Crippen LogP contribution in [0.25, 0.3) is 0 Å². The molecule has 0 aliphatic rings. The Bertz CT molecular complexity index is 308. The predicted molar refractivity (Wildman–Crippen MR) is 61.2 cm³/mol. The van der Waals surface area contributed by atoms with Gasteiger partial charge in [-0.15, -0.1) is 0 Å². The molecule has 82 valence electrons. The zero-order chi connectivity index (χ0) is 11.1. The van der Waals surface area contributed by atoms with Gasteiger partial charge in [-0.2, -0.15) is 12.6 Å². The molecule has 0 aromatic heterocycles. The molecule has 0 amide bonds. The fourth-order valence-electron chi connectivity index (χ4n) is 0.961. The smallest absolute Gasteiger partial charge is 0.309 e. The van der Waals surface area contributed by atoms with Crippen LogP contribution in [0.2, 0.25) is 0 Å². The first-order valence-corrected chi connectivity index (χ1v) is 5.31. The van der Waals surface area contributed by atoms with E-state index in [1.54, 1.807) is 0 Å². The van der Waals surface area contributed by atoms with E-state index in [4.69, 9.17) is 9.47 Å². The van der Waals surface area contributed by atoms with Gasteiger partial charge in [-0.1, -0.05) is 17.7 Å². The van der Waals surface area contributed by atoms with Gasteiger partial charge >= 0.3 is 5.97 Å². The lowest BCUT2D eigenvalue weighted by atomic mass is 10.2. The molecule has 0 unspecified atom stereocenters. The van der Waals surface area contributed by atoms with Crippen molar-refractivity contribution < 1.29 is 14.3 Å². The number of carbonyl (C=O) groups excluding carboxylic acids is 1. The number of thiol groups is 1. The number of esters is 1. The van der Waals surface area contributed by atoms with Crippen LogP contribution in [0.5, 0.6) is 5.75 Å². The minimum absolute atomic E-state index is 0.0460. The standard InChI is InChI=1S/C11H14O3S/c1-9-2-4-10(5-3-9)13-8-14-11(12)6-7-15/h2-5,15H,6-8H2,1H3. The molecule has 0 N–H and O–H groups in total. The Kier molecular flexibility index (Phi) is 5.04. The topological polar surface area (TPSA) is 35.5 Å². The largest absolute Gasteiger partial charge is 0.457 e. The lowest BCUT2D eigenvalue weighted by molar-refractivity contribution is -0.149. The molecular formula is C11H14O3S. The molecule has 0 saturated carbocycles. The van der Waals surface area contributed by atoms with E-state index in [9.17, 15) is 4.79 Å². The molecule has 0 fully saturated rings. The number of hydrogen-bond donors (Lipinski definition) is 1. The van der Waals surface area contributed by atoms with Crippen molar-refractivity contribution in [2.45, 2.75) is 13.3 Å². The summed E-state index contributed by atoms with van der Waals surface area (Å²) in [6.07, 6.45) is 0.306. The van der Waals surface area contributed by atoms with Gasteiger partial charge in [0.2, 0.25) is 6.79 Å². The van der Waals surface area contributed by atoms with Gasteiger partial charge in [0.05, 0.1) is 6.42 Å². The summed E-state index contributed by atoms with van der Waals surface area (Å²) >= 11 is 3.92. The lowest BCUT2D eigenvalue weighted by Crippen LogP contribution is -2.10. The molecule has 3 nitrogen and oxygen atoms in total. The number of carbonyl (C=O) groups is 1. The van der Waals surface area contributed by atoms with E-state index < -0.39 is 0 Å². The van der Waals surface area contributed by atoms with E-state index >= 15 is 0 Å². The van der Waals surface area contributed by atoms with E-state index in [0.29, 0.717) is 17.9 Å². The first kappa shape index (κ1) is 11.9. The summed E-state index contributed by atoms with van der Waals surface area (Å²) in [5, 5.41) is 0. The Morgan fingerprint density at radius 1 is 1.33 bits per heavy atom. The molecule has 4 heteroatoms. The minimum atomic E-state index is -0.294. The second-order valence-electron chi connectivity index (χ2n) is 3.07. The second kappa shape index (κ2) is 6.35. The van der Waals surface area contributed by atoms with Gasteiger partial charge in [-0.3, -0.25) is 4.79 Å². The van der Waals surface area contributed by atoms with Crippen molar-refractivity contribution in [3.05, 3.63) is 29.8 Å². The summed E-state index contributed by atoms with van der Waals surface area (Å²) in [5.74, 6) is 0.889. The van der Waals surface area contributed by atoms with Crippen molar-refractivity contribution in [3.8, 4) is 5.75 Å². The fourth-order valence-corrected chi connectivity index (χ4v) is 1.14. The van der Waals surface area contributed by atoms with E-state index in [1.807, 2.05) is 31.2 Å². The van der Waals surface area contributed by atoms with Crippen molar-refractivity contribution in [3.63, 3.8) is 0 Å². The van der Waals surface area contributed by atoms with E-state index in [1.165, 1.54) is 0 Å². The average Bonchev–Trinajstić information content (AvgIpc) is 2.21. The number of ether oxygens (including phenoxy) is 2. The van der Waals surface area contributed by atoms with Gasteiger partial charge in [-0.05, 0) is 19.1 Å². The SMILES string of the molecule is Cc1ccc(OCOC(=O)CCS)cc1. The van der Waals surface area contributed by atoms with Crippen LogP contribution in [-0.4, -0.2) is 18.5 Å². The highest BCUT2D eigenvalue weighted by Gasteiger charge is 2.00. The van der Waals surface area contributed by atoms with E-state index in [0.717, 1.165) is 5.56 Å². The van der Waals surface area contributed by atoms with Gasteiger partial charge in [-0.25, -0.2) is 0 Å². The van der Waals surface area contributed by atoms with Gasteiger partial charge < -0.3 is 9.47 Å². The Labute approximate surface area is 94.8 Å². The molecule has 0 atom stereocenters. The van der Waals surface area contributed by atoms with Crippen LogP contribution in [0, 0.1) is 6.92 Å². The third-order valence-corrected chi connectivity index (χ3v) is 2.01. The zero-order valence-corrected chi connectivity index (χ0v) is 9.50. The molecular weight excluding hydrogens is 212 g/mol. The summed E-state index contributed by atoms with van der Waals surface area (Å²) in [6.45, 7) is 1.95. The quantitative estimate of drug-likeness (QED) is 0.475. The molecule has 1 aromatic carbocycles. The monoisotopic (exact) mass is 226 g/mol. The van der Waals surface area contributed by atoms with E-state index in [-0.39, 0.29) is 12.8 Å². The van der Waals surface area contributed by atoms with Gasteiger partial charge in [0.1, 0.15) is 5.75 Å². The van der Waals surface area contributed by atoms with Crippen LogP contribution in [-0.2, 0) is 9.53 Å². The Morgan fingerprint density at radius 2 is 2.00 bits per heavy atom. The van der Waals surface area contributed by atoms with Crippen LogP contribution >= 0.6 is 12.6 Å². The molecule has 1 rings (SSSR count). The van der Waals surface area contributed by atoms with Crippen molar-refractivity contribution in [1.29, 1.82) is 0 Å². The maximum absolute atomic E-state index is 10.9. The summed E-state index contributed by atoms with van der Waals surface area (Å²) in [6, 6.07) is 7.54. The predicted octanol–water partition coefficient (Wildman–Crippen LogP) is 2.19. The van der Waals surface area contributed by atoms with Gasteiger partial charge in [0.25, 0.3) is 0 Å². The molecule has 0 radical (unpaired) electrons. The molecule has 15 heavy (non-hydrogen) atoms. The van der Waals surface area contributed by atoms with Crippen molar-refractivity contribution >= 4 is 18.6 Å². The van der Waals surface area contributed by atoms with Crippen molar-refractivity contribution in [2.24, 2.45) is 0 Å². The van der Waals surface area contributed by atoms with Crippen LogP contribution in [0.4, 0.5) is 0 Å². The van der Waals surface area contributed by atoms with Gasteiger partial charge in [0, 0.05) is 5.75 Å². The molecule has 0 bridgehead atoms. The number of benzene rings is 1. The Hall–Kier alpha value is -1.16. The zero-order valence-electron chi connectivity index (χ0n) is 8.60. The van der Waals surface area contributed by atoms with E-state index in [2.05, 4.69) is 12.6 Å². The van der Waals surface area contributed by atoms with Crippen molar-refractivity contribution in [2.75, 3.05) is 12.5 Å². The Balaban J connectivity index is 2.26. The number of aryl methyl sites for hydroxylation is 1. The van der Waals surface area contributed by atoms with Crippen molar-refractivity contribution in [1.82, 2.24) is 0 Å². The van der Waals surface area contributed by atoms with Crippen LogP contribution in [0.3, 0.4) is 0 Å². The normalized spacial score (nSPS) is 9.73. The second-order valence-corrected chi connectivity index (χ2v) is 3.51. The molecule has 0 aliphatic heterocycles. The fraction of sp³-hybridized carbons (Fsp3) is 0.364. The van der Waals surface area contributed by atoms with Gasteiger partial charge in [0.15, 0.2) is 0 Å². The first-order chi connectivity index (χ1) is 7.22. The summed E-state index contributed by atoms with van der Waals surface area (Å²) < 4.78 is 10.0. The number of hydrogen-bond acceptors (Lipinski definition) is 4. The highest BCUT2D eigenvalue weighted by molar-refractivity contribution is 7.80. The van der Waals surface area contributed by atoms with Crippen LogP contribution < -0.4 is 4.74 Å². The molecule has 0 saturated heterocycles. The first-order valence-electron chi connectivity index (χ1n) is 4.68. The third kappa shape index (κ3) is 4.74.